The van der Waals surface area contributed by atoms with Gasteiger partial charge in [0.15, 0.2) is 0 Å². The zero-order chi connectivity index (χ0) is 15.1. The molecule has 0 aliphatic heterocycles. The molecule has 0 saturated heterocycles. The largest absolute Gasteiger partial charge is 0.324 e. The van der Waals surface area contributed by atoms with Crippen LogP contribution in [0.2, 0.25) is 0 Å². The van der Waals surface area contributed by atoms with E-state index in [2.05, 4.69) is 48.5 Å². The number of hydrogen-bond donors (Lipinski definition) is 1. The topological polar surface area (TPSA) is 26.0 Å². The lowest BCUT2D eigenvalue weighted by atomic mass is 9.57. The average molecular weight is 270 g/mol. The highest BCUT2D eigenvalue weighted by Crippen LogP contribution is 2.47. The molecule has 3 atom stereocenters. The summed E-state index contributed by atoms with van der Waals surface area (Å²) in [4.78, 5) is 0. The molecule has 1 heteroatoms. The van der Waals surface area contributed by atoms with Gasteiger partial charge in [-0.2, -0.15) is 0 Å². The van der Waals surface area contributed by atoms with Crippen LogP contribution in [0.5, 0.6) is 0 Å². The summed E-state index contributed by atoms with van der Waals surface area (Å²) in [6.07, 6.45) is 8.77. The minimum Gasteiger partial charge on any atom is -0.324 e. The van der Waals surface area contributed by atoms with E-state index in [1.807, 2.05) is 0 Å². The van der Waals surface area contributed by atoms with Crippen molar-refractivity contribution >= 4 is 0 Å². The molecular formula is C18H39N. The first-order valence-electron chi connectivity index (χ1n) is 8.60. The third-order valence-electron chi connectivity index (χ3n) is 5.81. The van der Waals surface area contributed by atoms with Gasteiger partial charge < -0.3 is 5.73 Å². The molecule has 0 spiro atoms. The van der Waals surface area contributed by atoms with Crippen LogP contribution in [0.1, 0.15) is 93.4 Å². The van der Waals surface area contributed by atoms with Crippen molar-refractivity contribution in [3.05, 3.63) is 0 Å². The summed E-state index contributed by atoms with van der Waals surface area (Å²) in [5.74, 6) is 1.35. The number of hydrogen-bond acceptors (Lipinski definition) is 1. The highest BCUT2D eigenvalue weighted by Gasteiger charge is 2.47. The molecule has 0 heterocycles. The van der Waals surface area contributed by atoms with Gasteiger partial charge in [-0.05, 0) is 30.1 Å². The minimum atomic E-state index is -0.0297. The lowest BCUT2D eigenvalue weighted by Crippen LogP contribution is -2.59. The average Bonchev–Trinajstić information content (AvgIpc) is 2.40. The Morgan fingerprint density at radius 1 is 0.947 bits per heavy atom. The van der Waals surface area contributed by atoms with Crippen LogP contribution < -0.4 is 5.73 Å². The van der Waals surface area contributed by atoms with Crippen LogP contribution >= 0.6 is 0 Å². The van der Waals surface area contributed by atoms with E-state index in [1.54, 1.807) is 0 Å². The first-order valence-corrected chi connectivity index (χ1v) is 8.60. The van der Waals surface area contributed by atoms with E-state index < -0.39 is 0 Å². The highest BCUT2D eigenvalue weighted by molar-refractivity contribution is 5.02. The van der Waals surface area contributed by atoms with E-state index in [9.17, 15) is 0 Å². The monoisotopic (exact) mass is 269 g/mol. The Morgan fingerprint density at radius 3 is 1.89 bits per heavy atom. The van der Waals surface area contributed by atoms with Crippen molar-refractivity contribution in [2.75, 3.05) is 0 Å². The van der Waals surface area contributed by atoms with Gasteiger partial charge in [0.1, 0.15) is 0 Å². The van der Waals surface area contributed by atoms with Gasteiger partial charge in [-0.1, -0.05) is 80.6 Å². The second kappa shape index (κ2) is 8.29. The molecular weight excluding hydrogens is 230 g/mol. The van der Waals surface area contributed by atoms with E-state index in [0.717, 1.165) is 12.3 Å². The Labute approximate surface area is 122 Å². The molecule has 0 aliphatic rings. The number of rotatable bonds is 10. The zero-order valence-corrected chi connectivity index (χ0v) is 14.7. The van der Waals surface area contributed by atoms with Gasteiger partial charge in [-0.3, -0.25) is 0 Å². The van der Waals surface area contributed by atoms with Gasteiger partial charge in [0.25, 0.3) is 0 Å². The molecule has 1 nitrogen and oxygen atoms in total. The lowest BCUT2D eigenvalue weighted by Gasteiger charge is -2.52. The van der Waals surface area contributed by atoms with E-state index in [4.69, 9.17) is 5.73 Å². The summed E-state index contributed by atoms with van der Waals surface area (Å²) >= 11 is 0. The summed E-state index contributed by atoms with van der Waals surface area (Å²) in [7, 11) is 0. The van der Waals surface area contributed by atoms with Crippen LogP contribution in [0.15, 0.2) is 0 Å². The third-order valence-corrected chi connectivity index (χ3v) is 5.81. The maximum absolute atomic E-state index is 6.97. The molecule has 0 saturated carbocycles. The molecule has 2 N–H and O–H groups in total. The molecule has 0 aromatic rings. The Kier molecular flexibility index (Phi) is 8.27. The van der Waals surface area contributed by atoms with Crippen molar-refractivity contribution in [3.63, 3.8) is 0 Å². The molecule has 3 unspecified atom stereocenters. The van der Waals surface area contributed by atoms with Crippen molar-refractivity contribution in [1.82, 2.24) is 0 Å². The maximum atomic E-state index is 6.97. The normalized spacial score (nSPS) is 18.9. The first kappa shape index (κ1) is 19.0. The van der Waals surface area contributed by atoms with E-state index in [0.29, 0.717) is 5.92 Å². The molecule has 0 aliphatic carbocycles. The van der Waals surface area contributed by atoms with Gasteiger partial charge >= 0.3 is 0 Å². The van der Waals surface area contributed by atoms with Crippen LogP contribution in [0, 0.1) is 17.3 Å². The Bertz CT molecular complexity index is 234. The minimum absolute atomic E-state index is 0.0297. The predicted octanol–water partition coefficient (Wildman–Crippen LogP) is 5.77. The van der Waals surface area contributed by atoms with Crippen molar-refractivity contribution in [3.8, 4) is 0 Å². The molecule has 19 heavy (non-hydrogen) atoms. The fraction of sp³-hybridized carbons (Fsp3) is 1.00. The second-order valence-electron chi connectivity index (χ2n) is 7.05. The Balaban J connectivity index is 5.14. The van der Waals surface area contributed by atoms with Crippen LogP contribution in [-0.2, 0) is 0 Å². The van der Waals surface area contributed by atoms with Gasteiger partial charge in [0, 0.05) is 5.54 Å². The zero-order valence-electron chi connectivity index (χ0n) is 14.7. The molecule has 0 amide bonds. The summed E-state index contributed by atoms with van der Waals surface area (Å²) < 4.78 is 0. The van der Waals surface area contributed by atoms with Crippen molar-refractivity contribution in [2.45, 2.75) is 99.0 Å². The summed E-state index contributed by atoms with van der Waals surface area (Å²) in [6.45, 7) is 16.4. The summed E-state index contributed by atoms with van der Waals surface area (Å²) in [5.41, 5.74) is 7.16. The van der Waals surface area contributed by atoms with Crippen LogP contribution in [0.3, 0.4) is 0 Å². The van der Waals surface area contributed by atoms with Crippen LogP contribution in [0.25, 0.3) is 0 Å². The smallest absolute Gasteiger partial charge is 0.0232 e. The Hall–Kier alpha value is -0.0400. The second-order valence-corrected chi connectivity index (χ2v) is 7.05. The molecule has 116 valence electrons. The van der Waals surface area contributed by atoms with E-state index in [-0.39, 0.29) is 11.0 Å². The van der Waals surface area contributed by atoms with Gasteiger partial charge in [-0.25, -0.2) is 0 Å². The summed E-state index contributed by atoms with van der Waals surface area (Å²) in [5, 5.41) is 0. The van der Waals surface area contributed by atoms with Crippen molar-refractivity contribution in [1.29, 1.82) is 0 Å². The summed E-state index contributed by atoms with van der Waals surface area (Å²) in [6, 6.07) is 0. The number of nitrogens with two attached hydrogens (primary N) is 1. The first-order chi connectivity index (χ1) is 8.81. The van der Waals surface area contributed by atoms with Gasteiger partial charge in [-0.15, -0.1) is 0 Å². The highest BCUT2D eigenvalue weighted by atomic mass is 14.8. The van der Waals surface area contributed by atoms with E-state index in [1.165, 1.54) is 38.5 Å². The quantitative estimate of drug-likeness (QED) is 0.535. The van der Waals surface area contributed by atoms with Crippen molar-refractivity contribution < 1.29 is 0 Å². The van der Waals surface area contributed by atoms with Crippen LogP contribution in [-0.4, -0.2) is 5.54 Å². The van der Waals surface area contributed by atoms with Gasteiger partial charge in [0.05, 0.1) is 0 Å². The third kappa shape index (κ3) is 4.21. The molecule has 0 aromatic heterocycles. The predicted molar refractivity (Wildman–Crippen MR) is 88.4 cm³/mol. The lowest BCUT2D eigenvalue weighted by molar-refractivity contribution is 0.0259. The fourth-order valence-electron chi connectivity index (χ4n) is 4.01. The van der Waals surface area contributed by atoms with Gasteiger partial charge in [0.2, 0.25) is 0 Å². The number of unbranched alkanes of at least 4 members (excludes halogenated alkanes) is 1. The maximum Gasteiger partial charge on any atom is 0.0232 e. The molecule has 0 aromatic carbocycles. The molecule has 0 bridgehead atoms. The Morgan fingerprint density at radius 2 is 1.53 bits per heavy atom. The standard InChI is InChI=1S/C18H39N/c1-8-12-14-15(5)18(19,11-4)17(6,7)16(10-3)13-9-2/h15-16H,8-14,19H2,1-7H3. The fourth-order valence-corrected chi connectivity index (χ4v) is 4.01. The molecule has 0 rings (SSSR count). The molecule has 0 fully saturated rings. The van der Waals surface area contributed by atoms with Crippen molar-refractivity contribution in [2.24, 2.45) is 23.0 Å². The van der Waals surface area contributed by atoms with Crippen LogP contribution in [0.4, 0.5) is 0 Å². The SMILES string of the molecule is CCCCC(C)C(N)(CC)C(C)(C)C(CC)CCC. The molecule has 0 radical (unpaired) electrons. The van der Waals surface area contributed by atoms with E-state index >= 15 is 0 Å².